The maximum absolute atomic E-state index is 12.8. The van der Waals surface area contributed by atoms with E-state index in [0.29, 0.717) is 5.56 Å². The average molecular weight is 533 g/mol. The molecule has 2 aromatic rings. The molecule has 1 aromatic heterocycles. The number of carboxylic acids is 1. The molecule has 38 heavy (non-hydrogen) atoms. The van der Waals surface area contributed by atoms with Crippen molar-refractivity contribution < 1.29 is 48.7 Å². The van der Waals surface area contributed by atoms with Crippen molar-refractivity contribution in [3.05, 3.63) is 53.9 Å². The Kier molecular flexibility index (Phi) is 11.0. The van der Waals surface area contributed by atoms with Gasteiger partial charge >= 0.3 is 17.9 Å². The lowest BCUT2D eigenvalue weighted by Gasteiger charge is -2.30. The molecule has 0 saturated carbocycles. The topological polar surface area (TPSA) is 182 Å². The highest BCUT2D eigenvalue weighted by molar-refractivity contribution is 5.98. The van der Waals surface area contributed by atoms with Crippen LogP contribution >= 0.6 is 0 Å². The minimum absolute atomic E-state index is 0.0188. The molecule has 1 amide bonds. The second-order valence-electron chi connectivity index (χ2n) is 8.75. The number of aliphatic hydroxyl groups is 1. The second kappa shape index (κ2) is 13.9. The third-order valence-electron chi connectivity index (χ3n) is 5.60. The Hall–Kier alpha value is -4.19. The predicted octanol–water partition coefficient (Wildman–Crippen LogP) is 1.33. The highest BCUT2D eigenvalue weighted by Gasteiger charge is 2.39. The first-order chi connectivity index (χ1) is 18.0. The van der Waals surface area contributed by atoms with E-state index < -0.39 is 72.0 Å². The van der Waals surface area contributed by atoms with Crippen LogP contribution in [-0.4, -0.2) is 76.1 Å². The number of aliphatic carboxylic acids is 1. The number of methoxy groups -OCH3 is 1. The van der Waals surface area contributed by atoms with Gasteiger partial charge in [0.15, 0.2) is 29.3 Å². The van der Waals surface area contributed by atoms with Crippen molar-refractivity contribution in [2.75, 3.05) is 13.7 Å². The van der Waals surface area contributed by atoms with Crippen molar-refractivity contribution in [1.82, 2.24) is 10.3 Å². The van der Waals surface area contributed by atoms with Gasteiger partial charge < -0.3 is 34.8 Å². The van der Waals surface area contributed by atoms with E-state index in [1.165, 1.54) is 26.3 Å². The molecule has 2 rings (SSSR count). The van der Waals surface area contributed by atoms with Gasteiger partial charge in [0.05, 0.1) is 19.6 Å². The molecule has 4 unspecified atom stereocenters. The zero-order valence-electron chi connectivity index (χ0n) is 21.5. The van der Waals surface area contributed by atoms with Crippen LogP contribution in [0.1, 0.15) is 36.8 Å². The molecule has 0 fully saturated rings. The maximum Gasteiger partial charge on any atom is 0.331 e. The number of nitrogens with one attached hydrogen (secondary N) is 1. The molecule has 0 saturated heterocycles. The number of aromatic hydroxyl groups is 1. The second-order valence-corrected chi connectivity index (χ2v) is 8.75. The summed E-state index contributed by atoms with van der Waals surface area (Å²) in [5, 5.41) is 32.0. The first kappa shape index (κ1) is 30.0. The van der Waals surface area contributed by atoms with Gasteiger partial charge in [0.25, 0.3) is 5.91 Å². The van der Waals surface area contributed by atoms with Gasteiger partial charge in [0, 0.05) is 12.3 Å². The first-order valence-electron chi connectivity index (χ1n) is 11.8. The Balaban J connectivity index is 2.24. The van der Waals surface area contributed by atoms with E-state index in [4.69, 9.17) is 14.2 Å². The number of ether oxygens (including phenoxy) is 3. The first-order valence-corrected chi connectivity index (χ1v) is 11.8. The normalized spacial score (nSPS) is 14.1. The number of aromatic nitrogens is 1. The molecule has 0 aliphatic rings. The van der Waals surface area contributed by atoms with Crippen molar-refractivity contribution in [2.45, 2.75) is 45.4 Å². The van der Waals surface area contributed by atoms with E-state index >= 15 is 0 Å². The Morgan fingerprint density at radius 1 is 1.00 bits per heavy atom. The van der Waals surface area contributed by atoms with Crippen molar-refractivity contribution in [3.8, 4) is 11.5 Å². The lowest BCUT2D eigenvalue weighted by molar-refractivity contribution is -0.179. The molecule has 0 aliphatic heterocycles. The quantitative estimate of drug-likeness (QED) is 0.273. The number of esters is 2. The van der Waals surface area contributed by atoms with Crippen molar-refractivity contribution >= 4 is 23.8 Å². The minimum Gasteiger partial charge on any atom is -0.503 e. The van der Waals surface area contributed by atoms with Crippen molar-refractivity contribution in [1.29, 1.82) is 0 Å². The number of pyridine rings is 1. The zero-order valence-corrected chi connectivity index (χ0v) is 21.5. The molecule has 1 aromatic carbocycles. The number of nitrogens with zero attached hydrogens (tertiary/aromatic N) is 1. The van der Waals surface area contributed by atoms with Crippen LogP contribution < -0.4 is 10.1 Å². The summed E-state index contributed by atoms with van der Waals surface area (Å²) >= 11 is 0. The van der Waals surface area contributed by atoms with Crippen LogP contribution in [0.5, 0.6) is 11.5 Å². The lowest BCUT2D eigenvalue weighted by atomic mass is 9.91. The van der Waals surface area contributed by atoms with Gasteiger partial charge in [-0.05, 0) is 18.9 Å². The highest BCUT2D eigenvalue weighted by Crippen LogP contribution is 2.27. The Morgan fingerprint density at radius 3 is 2.21 bits per heavy atom. The van der Waals surface area contributed by atoms with E-state index in [1.54, 1.807) is 44.2 Å². The average Bonchev–Trinajstić information content (AvgIpc) is 2.89. The summed E-state index contributed by atoms with van der Waals surface area (Å²) in [5.41, 5.74) is 0.205. The molecule has 0 radical (unpaired) electrons. The van der Waals surface area contributed by atoms with Crippen LogP contribution in [0.15, 0.2) is 42.6 Å². The third-order valence-corrected chi connectivity index (χ3v) is 5.60. The number of amides is 1. The largest absolute Gasteiger partial charge is 0.503 e. The smallest absolute Gasteiger partial charge is 0.331 e. The Morgan fingerprint density at radius 2 is 1.66 bits per heavy atom. The number of hydrogen-bond acceptors (Lipinski definition) is 10. The van der Waals surface area contributed by atoms with Crippen LogP contribution in [0, 0.1) is 11.8 Å². The molecule has 0 aliphatic carbocycles. The summed E-state index contributed by atoms with van der Waals surface area (Å²) < 4.78 is 15.8. The maximum atomic E-state index is 12.8. The van der Waals surface area contributed by atoms with E-state index in [0.717, 1.165) is 0 Å². The molecule has 4 atom stereocenters. The zero-order chi connectivity index (χ0) is 28.4. The van der Waals surface area contributed by atoms with Crippen molar-refractivity contribution in [2.24, 2.45) is 11.8 Å². The molecule has 206 valence electrons. The number of rotatable bonds is 13. The van der Waals surface area contributed by atoms with Crippen LogP contribution in [0.2, 0.25) is 0 Å². The van der Waals surface area contributed by atoms with Crippen LogP contribution in [-0.2, 0) is 30.3 Å². The summed E-state index contributed by atoms with van der Waals surface area (Å²) in [4.78, 5) is 53.8. The molecule has 0 spiro atoms. The van der Waals surface area contributed by atoms with Gasteiger partial charge in [-0.1, -0.05) is 44.2 Å². The number of carboxylic acid groups (broad SMARTS) is 1. The predicted molar refractivity (Wildman–Crippen MR) is 132 cm³/mol. The van der Waals surface area contributed by atoms with Crippen LogP contribution in [0.4, 0.5) is 0 Å². The van der Waals surface area contributed by atoms with Gasteiger partial charge in [-0.25, -0.2) is 9.78 Å². The van der Waals surface area contributed by atoms with Gasteiger partial charge in [-0.3, -0.25) is 14.4 Å². The SMILES string of the molecule is COc1ccnc(C(=O)NC(CO)C(=O)OC(C)C(OC(=O)C(C)C)C(Cc2ccccc2)C(=O)O)c1O. The lowest BCUT2D eigenvalue weighted by Crippen LogP contribution is -2.49. The fourth-order valence-corrected chi connectivity index (χ4v) is 3.49. The standard InChI is InChI=1S/C26H32N2O10/c1-14(2)25(34)38-22(17(24(32)33)12-16-8-6-5-7-9-16)15(3)37-26(35)18(13-29)28-23(31)20-21(30)19(36-4)10-11-27-20/h5-11,14-15,17-18,22,29-30H,12-13H2,1-4H3,(H,28,31)(H,32,33). The van der Waals surface area contributed by atoms with Gasteiger partial charge in [-0.15, -0.1) is 0 Å². The van der Waals surface area contributed by atoms with Crippen LogP contribution in [0.3, 0.4) is 0 Å². The summed E-state index contributed by atoms with van der Waals surface area (Å²) in [6.07, 6.45) is -1.47. The number of carbonyl (C=O) groups is 4. The number of benzene rings is 1. The van der Waals surface area contributed by atoms with Crippen molar-refractivity contribution in [3.63, 3.8) is 0 Å². The molecule has 1 heterocycles. The monoisotopic (exact) mass is 532 g/mol. The number of hydrogen-bond donors (Lipinski definition) is 4. The molecule has 4 N–H and O–H groups in total. The van der Waals surface area contributed by atoms with Gasteiger partial charge in [0.2, 0.25) is 0 Å². The summed E-state index contributed by atoms with van der Waals surface area (Å²) in [6.45, 7) is 3.61. The Bertz CT molecular complexity index is 1120. The van der Waals surface area contributed by atoms with E-state index in [-0.39, 0.29) is 12.2 Å². The fourth-order valence-electron chi connectivity index (χ4n) is 3.49. The minimum atomic E-state index is -1.60. The molecule has 0 bridgehead atoms. The number of aliphatic hydroxyl groups excluding tert-OH is 1. The number of carbonyl (C=O) groups excluding carboxylic acids is 3. The van der Waals surface area contributed by atoms with E-state index in [1.807, 2.05) is 0 Å². The fraction of sp³-hybridized carbons (Fsp3) is 0.423. The van der Waals surface area contributed by atoms with Crippen LogP contribution in [0.25, 0.3) is 0 Å². The summed E-state index contributed by atoms with van der Waals surface area (Å²) in [6, 6.07) is 8.38. The molecular weight excluding hydrogens is 500 g/mol. The van der Waals surface area contributed by atoms with E-state index in [2.05, 4.69) is 10.3 Å². The van der Waals surface area contributed by atoms with E-state index in [9.17, 15) is 34.5 Å². The molecule has 12 nitrogen and oxygen atoms in total. The summed E-state index contributed by atoms with van der Waals surface area (Å²) in [5.74, 6) is -6.55. The van der Waals surface area contributed by atoms with Gasteiger partial charge in [-0.2, -0.15) is 0 Å². The molecule has 12 heteroatoms. The van der Waals surface area contributed by atoms with Gasteiger partial charge in [0.1, 0.15) is 12.0 Å². The summed E-state index contributed by atoms with van der Waals surface area (Å²) in [7, 11) is 1.27. The highest BCUT2D eigenvalue weighted by atomic mass is 16.6. The molecular formula is C26H32N2O10. The third kappa shape index (κ3) is 7.90. The Labute approximate surface area is 219 Å².